The van der Waals surface area contributed by atoms with E-state index in [1.807, 2.05) is 29.8 Å². The molecule has 2 fully saturated rings. The maximum Gasteiger partial charge on any atom is 0.227 e. The summed E-state index contributed by atoms with van der Waals surface area (Å²) in [6.45, 7) is 5.54. The second-order valence-corrected chi connectivity index (χ2v) is 11.2. The fourth-order valence-electron chi connectivity index (χ4n) is 5.72. The molecule has 0 spiro atoms. The van der Waals surface area contributed by atoms with Crippen LogP contribution in [0.3, 0.4) is 0 Å². The first-order chi connectivity index (χ1) is 17.7. The zero-order valence-electron chi connectivity index (χ0n) is 20.8. The largest absolute Gasteiger partial charge is 0.347 e. The Labute approximate surface area is 216 Å². The van der Waals surface area contributed by atoms with Gasteiger partial charge < -0.3 is 9.80 Å². The van der Waals surface area contributed by atoms with Crippen LogP contribution < -0.4 is 4.90 Å². The summed E-state index contributed by atoms with van der Waals surface area (Å²) >= 11 is 1.70. The predicted octanol–water partition coefficient (Wildman–Crippen LogP) is 5.49. The summed E-state index contributed by atoms with van der Waals surface area (Å²) in [6, 6.07) is 20.9. The Morgan fingerprint density at radius 3 is 2.44 bits per heavy atom. The van der Waals surface area contributed by atoms with Crippen molar-refractivity contribution in [3.63, 3.8) is 0 Å². The second-order valence-electron chi connectivity index (χ2n) is 10.2. The quantitative estimate of drug-likeness (QED) is 0.364. The molecule has 1 amide bonds. The van der Waals surface area contributed by atoms with Gasteiger partial charge in [-0.25, -0.2) is 4.68 Å². The van der Waals surface area contributed by atoms with Gasteiger partial charge in [-0.15, -0.1) is 0 Å². The number of piperidine rings is 2. The third kappa shape index (κ3) is 4.64. The normalized spacial score (nSPS) is 19.2. The number of likely N-dealkylation sites (tertiary alicyclic amines) is 1. The molecule has 0 aliphatic carbocycles. The molecule has 6 rings (SSSR count). The maximum atomic E-state index is 13.5. The number of hydrogen-bond donors (Lipinski definition) is 0. The van der Waals surface area contributed by atoms with Crippen molar-refractivity contribution < 1.29 is 4.79 Å². The number of benzene rings is 2. The summed E-state index contributed by atoms with van der Waals surface area (Å²) in [7, 11) is 0. The van der Waals surface area contributed by atoms with Crippen LogP contribution in [0.1, 0.15) is 36.9 Å². The minimum Gasteiger partial charge on any atom is -0.347 e. The average Bonchev–Trinajstić information content (AvgIpc) is 3.50. The number of thiazole rings is 1. The molecular weight excluding hydrogens is 466 g/mol. The van der Waals surface area contributed by atoms with Crippen LogP contribution in [0.15, 0.2) is 60.7 Å². The van der Waals surface area contributed by atoms with Crippen molar-refractivity contribution in [2.24, 2.45) is 11.8 Å². The first-order valence-corrected chi connectivity index (χ1v) is 14.0. The molecule has 4 heterocycles. The van der Waals surface area contributed by atoms with Crippen molar-refractivity contribution in [3.05, 3.63) is 71.9 Å². The molecule has 4 aromatic rings. The van der Waals surface area contributed by atoms with Gasteiger partial charge in [-0.1, -0.05) is 59.9 Å². The van der Waals surface area contributed by atoms with Crippen molar-refractivity contribution in [2.75, 3.05) is 31.1 Å². The third-order valence-electron chi connectivity index (χ3n) is 7.71. The van der Waals surface area contributed by atoms with Crippen LogP contribution in [0, 0.1) is 18.8 Å². The van der Waals surface area contributed by atoms with Gasteiger partial charge in [0, 0.05) is 26.2 Å². The summed E-state index contributed by atoms with van der Waals surface area (Å²) in [4.78, 5) is 22.9. The highest BCUT2D eigenvalue weighted by Crippen LogP contribution is 2.35. The van der Waals surface area contributed by atoms with Gasteiger partial charge in [0.15, 0.2) is 10.8 Å². The standard InChI is InChI=1S/C29H33N5OS/c1-21-26-27(34(31-21)25-12-6-3-7-13-25)30-29(36-26)33-16-8-11-24(20-33)28(35)32-17-14-23(15-18-32)19-22-9-4-2-5-10-22/h2-7,9-10,12-13,23-24H,8,11,14-20H2,1H3/t24-/m1/s1. The Morgan fingerprint density at radius 1 is 0.972 bits per heavy atom. The highest BCUT2D eigenvalue weighted by atomic mass is 32.1. The number of aryl methyl sites for hydroxylation is 1. The van der Waals surface area contributed by atoms with E-state index in [1.165, 1.54) is 5.56 Å². The summed E-state index contributed by atoms with van der Waals surface area (Å²) in [5.74, 6) is 1.07. The molecule has 0 bridgehead atoms. The predicted molar refractivity (Wildman–Crippen MR) is 146 cm³/mol. The number of hydrogen-bond acceptors (Lipinski definition) is 5. The molecule has 36 heavy (non-hydrogen) atoms. The number of para-hydroxylation sites is 1. The van der Waals surface area contributed by atoms with E-state index in [1.54, 1.807) is 11.3 Å². The molecule has 0 unspecified atom stereocenters. The minimum atomic E-state index is 0.0585. The summed E-state index contributed by atoms with van der Waals surface area (Å²) in [6.07, 6.45) is 5.33. The molecule has 2 aromatic heterocycles. The molecule has 1 atom stereocenters. The molecule has 7 heteroatoms. The number of anilines is 1. The van der Waals surface area contributed by atoms with E-state index in [2.05, 4.69) is 52.3 Å². The lowest BCUT2D eigenvalue weighted by molar-refractivity contribution is -0.137. The SMILES string of the molecule is Cc1nn(-c2ccccc2)c2nc(N3CCC[C@@H](C(=O)N4CCC(Cc5ccccc5)CC4)C3)sc12. The van der Waals surface area contributed by atoms with E-state index in [-0.39, 0.29) is 5.92 Å². The van der Waals surface area contributed by atoms with E-state index in [0.29, 0.717) is 11.8 Å². The molecule has 6 nitrogen and oxygen atoms in total. The number of rotatable bonds is 5. The molecule has 0 saturated carbocycles. The molecule has 2 aliphatic heterocycles. The Kier molecular flexibility index (Phi) is 6.48. The maximum absolute atomic E-state index is 13.5. The monoisotopic (exact) mass is 499 g/mol. The highest BCUT2D eigenvalue weighted by Gasteiger charge is 2.33. The summed E-state index contributed by atoms with van der Waals surface area (Å²) in [5, 5.41) is 5.74. The minimum absolute atomic E-state index is 0.0585. The van der Waals surface area contributed by atoms with E-state index in [4.69, 9.17) is 10.1 Å². The second kappa shape index (κ2) is 10.1. The fraction of sp³-hybridized carbons (Fsp3) is 0.414. The Bertz CT molecular complexity index is 1320. The topological polar surface area (TPSA) is 54.3 Å². The van der Waals surface area contributed by atoms with Gasteiger partial charge in [0.2, 0.25) is 5.91 Å². The van der Waals surface area contributed by atoms with Gasteiger partial charge in [-0.2, -0.15) is 10.1 Å². The average molecular weight is 500 g/mol. The molecule has 2 aromatic carbocycles. The molecule has 186 valence electrons. The molecule has 0 radical (unpaired) electrons. The molecular formula is C29H33N5OS. The third-order valence-corrected chi connectivity index (χ3v) is 8.93. The van der Waals surface area contributed by atoms with Crippen molar-refractivity contribution in [2.45, 2.75) is 39.0 Å². The van der Waals surface area contributed by atoms with Crippen LogP contribution in [0.2, 0.25) is 0 Å². The van der Waals surface area contributed by atoms with Crippen LogP contribution in [-0.2, 0) is 11.2 Å². The molecule has 0 N–H and O–H groups in total. The lowest BCUT2D eigenvalue weighted by Gasteiger charge is -2.38. The lowest BCUT2D eigenvalue weighted by atomic mass is 9.89. The summed E-state index contributed by atoms with van der Waals surface area (Å²) in [5.41, 5.74) is 4.34. The Balaban J connectivity index is 1.11. The van der Waals surface area contributed by atoms with Gasteiger partial charge in [-0.3, -0.25) is 4.79 Å². The molecule has 2 aliphatic rings. The smallest absolute Gasteiger partial charge is 0.227 e. The van der Waals surface area contributed by atoms with Crippen molar-refractivity contribution in [1.82, 2.24) is 19.7 Å². The lowest BCUT2D eigenvalue weighted by Crippen LogP contribution is -2.47. The van der Waals surface area contributed by atoms with Crippen molar-refractivity contribution in [1.29, 1.82) is 0 Å². The number of carbonyl (C=O) groups is 1. The zero-order chi connectivity index (χ0) is 24.5. The van der Waals surface area contributed by atoms with Crippen LogP contribution >= 0.6 is 11.3 Å². The Hall–Kier alpha value is -3.19. The summed E-state index contributed by atoms with van der Waals surface area (Å²) < 4.78 is 3.07. The van der Waals surface area contributed by atoms with Crippen molar-refractivity contribution >= 4 is 32.7 Å². The van der Waals surface area contributed by atoms with Gasteiger partial charge >= 0.3 is 0 Å². The van der Waals surface area contributed by atoms with Crippen LogP contribution in [-0.4, -0.2) is 51.8 Å². The number of aromatic nitrogens is 3. The number of nitrogens with zero attached hydrogens (tertiary/aromatic N) is 5. The van der Waals surface area contributed by atoms with Crippen molar-refractivity contribution in [3.8, 4) is 5.69 Å². The van der Waals surface area contributed by atoms with E-state index in [0.717, 1.165) is 85.1 Å². The zero-order valence-corrected chi connectivity index (χ0v) is 21.7. The first kappa shape index (κ1) is 23.2. The van der Waals surface area contributed by atoms with E-state index in [9.17, 15) is 4.79 Å². The van der Waals surface area contributed by atoms with Gasteiger partial charge in [-0.05, 0) is 62.6 Å². The van der Waals surface area contributed by atoms with Gasteiger partial charge in [0.05, 0.1) is 22.0 Å². The van der Waals surface area contributed by atoms with Crippen LogP contribution in [0.25, 0.3) is 16.0 Å². The Morgan fingerprint density at radius 2 is 1.69 bits per heavy atom. The highest BCUT2D eigenvalue weighted by molar-refractivity contribution is 7.22. The van der Waals surface area contributed by atoms with E-state index >= 15 is 0 Å². The van der Waals surface area contributed by atoms with Crippen LogP contribution in [0.4, 0.5) is 5.13 Å². The number of fused-ring (bicyclic) bond motifs is 1. The molecule has 2 saturated heterocycles. The number of carbonyl (C=O) groups excluding carboxylic acids is 1. The number of amides is 1. The fourth-order valence-corrected chi connectivity index (χ4v) is 6.74. The van der Waals surface area contributed by atoms with E-state index < -0.39 is 0 Å². The van der Waals surface area contributed by atoms with Crippen LogP contribution in [0.5, 0.6) is 0 Å². The van der Waals surface area contributed by atoms with Gasteiger partial charge in [0.1, 0.15) is 0 Å². The van der Waals surface area contributed by atoms with Gasteiger partial charge in [0.25, 0.3) is 0 Å². The first-order valence-electron chi connectivity index (χ1n) is 13.1.